The molecule has 29 heavy (non-hydrogen) atoms. The number of hydrogen-bond acceptors (Lipinski definition) is 4. The molecule has 0 bridgehead atoms. The number of anilines is 1. The van der Waals surface area contributed by atoms with Gasteiger partial charge in [-0.1, -0.05) is 41.4 Å². The topological polar surface area (TPSA) is 42.7 Å². The molecule has 0 atom stereocenters. The fourth-order valence-corrected chi connectivity index (χ4v) is 3.61. The first-order chi connectivity index (χ1) is 14.1. The lowest BCUT2D eigenvalue weighted by Gasteiger charge is -2.29. The van der Waals surface area contributed by atoms with Crippen LogP contribution < -0.4 is 4.90 Å². The van der Waals surface area contributed by atoms with Crippen LogP contribution >= 0.6 is 23.2 Å². The predicted molar refractivity (Wildman–Crippen MR) is 117 cm³/mol. The molecule has 0 unspecified atom stereocenters. The van der Waals surface area contributed by atoms with E-state index >= 15 is 0 Å². The van der Waals surface area contributed by atoms with Crippen LogP contribution in [0.4, 0.5) is 5.69 Å². The molecule has 0 saturated carbocycles. The third-order valence-electron chi connectivity index (χ3n) is 4.75. The lowest BCUT2D eigenvalue weighted by atomic mass is 10.1. The molecule has 1 aromatic heterocycles. The Morgan fingerprint density at radius 3 is 2.62 bits per heavy atom. The van der Waals surface area contributed by atoms with Crippen molar-refractivity contribution in [3.8, 4) is 11.3 Å². The van der Waals surface area contributed by atoms with Crippen molar-refractivity contribution in [1.29, 1.82) is 0 Å². The summed E-state index contributed by atoms with van der Waals surface area (Å²) in [5.74, 6) is 1.08. The second-order valence-corrected chi connectivity index (χ2v) is 7.44. The van der Waals surface area contributed by atoms with E-state index in [1.54, 1.807) is 24.3 Å². The normalized spacial score (nSPS) is 14.5. The van der Waals surface area contributed by atoms with E-state index in [-0.39, 0.29) is 5.78 Å². The van der Waals surface area contributed by atoms with Crippen molar-refractivity contribution >= 4 is 40.7 Å². The van der Waals surface area contributed by atoms with E-state index in [1.165, 1.54) is 6.08 Å². The molecule has 0 spiro atoms. The molecule has 6 heteroatoms. The smallest absolute Gasteiger partial charge is 0.186 e. The number of hydrogen-bond donors (Lipinski definition) is 0. The van der Waals surface area contributed by atoms with Crippen LogP contribution in [0.3, 0.4) is 0 Å². The lowest BCUT2D eigenvalue weighted by Crippen LogP contribution is -2.36. The zero-order valence-corrected chi connectivity index (χ0v) is 17.1. The van der Waals surface area contributed by atoms with Crippen molar-refractivity contribution < 1.29 is 13.9 Å². The highest BCUT2D eigenvalue weighted by Crippen LogP contribution is 2.34. The Morgan fingerprint density at radius 1 is 1.00 bits per heavy atom. The molecule has 1 aliphatic rings. The summed E-state index contributed by atoms with van der Waals surface area (Å²) in [6.45, 7) is 3.06. The lowest BCUT2D eigenvalue weighted by molar-refractivity contribution is 0.104. The van der Waals surface area contributed by atoms with Gasteiger partial charge in [-0.3, -0.25) is 4.79 Å². The second kappa shape index (κ2) is 8.87. The molecule has 2 heterocycles. The fourth-order valence-electron chi connectivity index (χ4n) is 3.21. The van der Waals surface area contributed by atoms with Gasteiger partial charge >= 0.3 is 0 Å². The van der Waals surface area contributed by atoms with Gasteiger partial charge in [-0.05, 0) is 48.6 Å². The summed E-state index contributed by atoms with van der Waals surface area (Å²) in [6.07, 6.45) is 3.17. The summed E-state index contributed by atoms with van der Waals surface area (Å²) in [7, 11) is 0. The first-order valence-corrected chi connectivity index (χ1v) is 10.1. The molecule has 4 nitrogen and oxygen atoms in total. The van der Waals surface area contributed by atoms with Gasteiger partial charge in [-0.2, -0.15) is 0 Å². The number of allylic oxidation sites excluding steroid dienone is 1. The largest absolute Gasteiger partial charge is 0.457 e. The first kappa shape index (κ1) is 19.8. The summed E-state index contributed by atoms with van der Waals surface area (Å²) in [4.78, 5) is 14.8. The third-order valence-corrected chi connectivity index (χ3v) is 5.57. The number of furan rings is 1. The SMILES string of the molecule is O=C(C=Cc1ccc(-c2cccc(Cl)c2Cl)o1)c1cccc(N2CCOCC2)c1. The first-order valence-electron chi connectivity index (χ1n) is 9.31. The van der Waals surface area contributed by atoms with Gasteiger partial charge in [0.1, 0.15) is 11.5 Å². The minimum Gasteiger partial charge on any atom is -0.457 e. The van der Waals surface area contributed by atoms with Gasteiger partial charge in [0.2, 0.25) is 0 Å². The summed E-state index contributed by atoms with van der Waals surface area (Å²) in [5, 5.41) is 0.906. The van der Waals surface area contributed by atoms with Crippen molar-refractivity contribution in [2.24, 2.45) is 0 Å². The summed E-state index contributed by atoms with van der Waals surface area (Å²) in [5.41, 5.74) is 2.38. The molecular formula is C23H19Cl2NO3. The van der Waals surface area contributed by atoms with Gasteiger partial charge in [0.15, 0.2) is 5.78 Å². The minimum absolute atomic E-state index is 0.0844. The van der Waals surface area contributed by atoms with Gasteiger partial charge in [0.25, 0.3) is 0 Å². The zero-order valence-electron chi connectivity index (χ0n) is 15.6. The average molecular weight is 428 g/mol. The minimum atomic E-state index is -0.0844. The molecule has 0 aliphatic carbocycles. The van der Waals surface area contributed by atoms with Gasteiger partial charge in [-0.15, -0.1) is 0 Å². The van der Waals surface area contributed by atoms with Gasteiger partial charge in [0.05, 0.1) is 23.3 Å². The number of rotatable bonds is 5. The Hall–Kier alpha value is -2.53. The molecule has 0 N–H and O–H groups in total. The van der Waals surface area contributed by atoms with Crippen molar-refractivity contribution in [2.75, 3.05) is 31.2 Å². The molecule has 0 amide bonds. The molecule has 1 fully saturated rings. The summed E-state index contributed by atoms with van der Waals surface area (Å²) in [6, 6.07) is 16.6. The van der Waals surface area contributed by atoms with Crippen LogP contribution in [0.5, 0.6) is 0 Å². The van der Waals surface area contributed by atoms with Crippen LogP contribution in [0.2, 0.25) is 10.0 Å². The Balaban J connectivity index is 1.49. The van der Waals surface area contributed by atoms with Crippen molar-refractivity contribution in [2.45, 2.75) is 0 Å². The number of carbonyl (C=O) groups excluding carboxylic acids is 1. The number of carbonyl (C=O) groups is 1. The van der Waals surface area contributed by atoms with Crippen molar-refractivity contribution in [3.63, 3.8) is 0 Å². The van der Waals surface area contributed by atoms with E-state index < -0.39 is 0 Å². The predicted octanol–water partition coefficient (Wildman–Crippen LogP) is 5.99. The fraction of sp³-hybridized carbons (Fsp3) is 0.174. The van der Waals surface area contributed by atoms with E-state index in [4.69, 9.17) is 32.4 Å². The highest BCUT2D eigenvalue weighted by molar-refractivity contribution is 6.43. The number of halogens is 2. The number of ketones is 1. The van der Waals surface area contributed by atoms with Crippen molar-refractivity contribution in [1.82, 2.24) is 0 Å². The number of ether oxygens (including phenoxy) is 1. The van der Waals surface area contributed by atoms with E-state index in [0.717, 1.165) is 18.8 Å². The molecule has 2 aromatic carbocycles. The number of benzene rings is 2. The van der Waals surface area contributed by atoms with E-state index in [1.807, 2.05) is 36.4 Å². The van der Waals surface area contributed by atoms with Crippen LogP contribution in [0.25, 0.3) is 17.4 Å². The average Bonchev–Trinajstić information content (AvgIpc) is 3.23. The molecule has 0 radical (unpaired) electrons. The maximum Gasteiger partial charge on any atom is 0.186 e. The quantitative estimate of drug-likeness (QED) is 0.370. The maximum atomic E-state index is 12.6. The van der Waals surface area contributed by atoms with E-state index in [9.17, 15) is 4.79 Å². The van der Waals surface area contributed by atoms with Crippen LogP contribution in [0.1, 0.15) is 16.1 Å². The molecule has 3 aromatic rings. The Labute approximate surface area is 179 Å². The number of morpholine rings is 1. The third kappa shape index (κ3) is 4.56. The monoisotopic (exact) mass is 427 g/mol. The summed E-state index contributed by atoms with van der Waals surface area (Å²) < 4.78 is 11.2. The highest BCUT2D eigenvalue weighted by atomic mass is 35.5. The maximum absolute atomic E-state index is 12.6. The Kier molecular flexibility index (Phi) is 6.05. The van der Waals surface area contributed by atoms with E-state index in [2.05, 4.69) is 4.90 Å². The van der Waals surface area contributed by atoms with Crippen LogP contribution in [0, 0.1) is 0 Å². The van der Waals surface area contributed by atoms with Gasteiger partial charge in [-0.25, -0.2) is 0 Å². The molecule has 4 rings (SSSR count). The molecular weight excluding hydrogens is 409 g/mol. The highest BCUT2D eigenvalue weighted by Gasteiger charge is 2.13. The van der Waals surface area contributed by atoms with Crippen LogP contribution in [-0.2, 0) is 4.74 Å². The number of nitrogens with zero attached hydrogens (tertiary/aromatic N) is 1. The second-order valence-electron chi connectivity index (χ2n) is 6.65. The Morgan fingerprint density at radius 2 is 1.79 bits per heavy atom. The van der Waals surface area contributed by atoms with Crippen LogP contribution in [0.15, 0.2) is 65.1 Å². The zero-order chi connectivity index (χ0) is 20.2. The Bertz CT molecular complexity index is 1050. The summed E-state index contributed by atoms with van der Waals surface area (Å²) >= 11 is 12.3. The van der Waals surface area contributed by atoms with Gasteiger partial charge < -0.3 is 14.1 Å². The standard InChI is InChI=1S/C23H19Cl2NO3/c24-20-6-2-5-19(23(20)25)22-10-8-18(29-22)7-9-21(27)16-3-1-4-17(15-16)26-11-13-28-14-12-26/h1-10,15H,11-14H2. The van der Waals surface area contributed by atoms with Gasteiger partial charge in [0, 0.05) is 29.9 Å². The molecule has 1 saturated heterocycles. The van der Waals surface area contributed by atoms with Crippen LogP contribution in [-0.4, -0.2) is 32.1 Å². The molecule has 148 valence electrons. The molecule has 1 aliphatic heterocycles. The van der Waals surface area contributed by atoms with E-state index in [0.29, 0.717) is 45.9 Å². The van der Waals surface area contributed by atoms with Crippen molar-refractivity contribution in [3.05, 3.63) is 82.0 Å².